The molecule has 1 fully saturated rings. The summed E-state index contributed by atoms with van der Waals surface area (Å²) in [7, 11) is -3.51. The fourth-order valence-corrected chi connectivity index (χ4v) is 7.60. The van der Waals surface area contributed by atoms with Gasteiger partial charge in [-0.2, -0.15) is 4.31 Å². The fourth-order valence-electron chi connectivity index (χ4n) is 3.54. The van der Waals surface area contributed by atoms with Gasteiger partial charge in [-0.05, 0) is 23.8 Å². The van der Waals surface area contributed by atoms with Crippen molar-refractivity contribution in [3.63, 3.8) is 0 Å². The molecule has 0 N–H and O–H groups in total. The third-order valence-corrected chi connectivity index (χ3v) is 9.74. The molecule has 5 rings (SSSR count). The third kappa shape index (κ3) is 3.61. The third-order valence-electron chi connectivity index (χ3n) is 5.05. The largest absolute Gasteiger partial charge is 0.353 e. The van der Waals surface area contributed by atoms with E-state index in [4.69, 9.17) is 11.6 Å². The highest BCUT2D eigenvalue weighted by Crippen LogP contribution is 2.36. The van der Waals surface area contributed by atoms with Crippen molar-refractivity contribution in [2.45, 2.75) is 4.21 Å². The van der Waals surface area contributed by atoms with Crippen molar-refractivity contribution in [1.29, 1.82) is 0 Å². The molecule has 10 heteroatoms. The van der Waals surface area contributed by atoms with Gasteiger partial charge in [-0.25, -0.2) is 18.4 Å². The Morgan fingerprint density at radius 2 is 1.70 bits per heavy atom. The smallest absolute Gasteiger partial charge is 0.252 e. The minimum Gasteiger partial charge on any atom is -0.353 e. The average Bonchev–Trinajstić information content (AvgIpc) is 3.41. The van der Waals surface area contributed by atoms with Gasteiger partial charge in [0.05, 0.1) is 9.72 Å². The number of rotatable bonds is 4. The second-order valence-corrected chi connectivity index (χ2v) is 11.8. The standard InChI is InChI=1S/C20H17ClN4O2S3/c21-17-6-7-18(29-17)30(26,27)25-10-8-24(9-11-25)19-15-12-16(14-4-2-1-3-5-14)28-20(15)23-13-22-19/h1-7,12-13H,8-11H2. The normalized spacial score (nSPS) is 15.7. The SMILES string of the molecule is O=S(=O)(c1ccc(Cl)s1)N1CCN(c2ncnc3sc(-c4ccccc4)cc23)CC1. The van der Waals surface area contributed by atoms with Crippen LogP contribution in [0.4, 0.5) is 5.82 Å². The van der Waals surface area contributed by atoms with Crippen LogP contribution in [0, 0.1) is 0 Å². The number of benzene rings is 1. The molecule has 0 saturated carbocycles. The molecule has 1 aliphatic heterocycles. The Kier molecular flexibility index (Phi) is 5.24. The number of fused-ring (bicyclic) bond motifs is 1. The van der Waals surface area contributed by atoms with Crippen LogP contribution in [0.3, 0.4) is 0 Å². The molecule has 0 amide bonds. The molecule has 0 atom stereocenters. The molecule has 0 bridgehead atoms. The van der Waals surface area contributed by atoms with Crippen molar-refractivity contribution in [2.75, 3.05) is 31.1 Å². The summed E-state index contributed by atoms with van der Waals surface area (Å²) in [6.07, 6.45) is 1.58. The van der Waals surface area contributed by atoms with E-state index in [0.29, 0.717) is 30.5 Å². The van der Waals surface area contributed by atoms with E-state index >= 15 is 0 Å². The van der Waals surface area contributed by atoms with E-state index in [1.54, 1.807) is 29.8 Å². The molecule has 0 aliphatic carbocycles. The Hall–Kier alpha value is -2.04. The molecule has 1 aromatic carbocycles. The maximum atomic E-state index is 12.9. The number of aromatic nitrogens is 2. The van der Waals surface area contributed by atoms with Crippen LogP contribution in [0.25, 0.3) is 20.7 Å². The predicted molar refractivity (Wildman–Crippen MR) is 123 cm³/mol. The van der Waals surface area contributed by atoms with Crippen LogP contribution in [0.15, 0.2) is 59.1 Å². The van der Waals surface area contributed by atoms with Crippen molar-refractivity contribution >= 4 is 60.3 Å². The van der Waals surface area contributed by atoms with Gasteiger partial charge in [-0.1, -0.05) is 41.9 Å². The molecule has 4 aromatic rings. The van der Waals surface area contributed by atoms with Crippen LogP contribution >= 0.6 is 34.3 Å². The quantitative estimate of drug-likeness (QED) is 0.431. The van der Waals surface area contributed by atoms with Gasteiger partial charge in [-0.3, -0.25) is 0 Å². The van der Waals surface area contributed by atoms with Crippen molar-refractivity contribution in [1.82, 2.24) is 14.3 Å². The lowest BCUT2D eigenvalue weighted by molar-refractivity contribution is 0.385. The summed E-state index contributed by atoms with van der Waals surface area (Å²) in [6.45, 7) is 1.94. The summed E-state index contributed by atoms with van der Waals surface area (Å²) >= 11 is 8.65. The van der Waals surface area contributed by atoms with E-state index in [1.807, 2.05) is 18.2 Å². The Bertz CT molecular complexity index is 1300. The number of piperazine rings is 1. The first-order valence-electron chi connectivity index (χ1n) is 9.33. The molecular formula is C20H17ClN4O2S3. The van der Waals surface area contributed by atoms with Crippen LogP contribution in [0.1, 0.15) is 0 Å². The predicted octanol–water partition coefficient (Wildman–Crippen LogP) is 4.58. The number of thiophene rings is 2. The molecule has 154 valence electrons. The van der Waals surface area contributed by atoms with Crippen LogP contribution in [0.5, 0.6) is 0 Å². The molecule has 1 aliphatic rings. The molecule has 4 heterocycles. The summed E-state index contributed by atoms with van der Waals surface area (Å²) < 4.78 is 28.0. The highest BCUT2D eigenvalue weighted by molar-refractivity contribution is 7.91. The fraction of sp³-hybridized carbons (Fsp3) is 0.200. The number of hydrogen-bond acceptors (Lipinski definition) is 7. The molecule has 3 aromatic heterocycles. The van der Waals surface area contributed by atoms with E-state index in [2.05, 4.69) is 33.1 Å². The van der Waals surface area contributed by atoms with E-state index in [0.717, 1.165) is 37.8 Å². The van der Waals surface area contributed by atoms with Crippen molar-refractivity contribution in [3.8, 4) is 10.4 Å². The summed E-state index contributed by atoms with van der Waals surface area (Å²) in [4.78, 5) is 13.2. The lowest BCUT2D eigenvalue weighted by Crippen LogP contribution is -2.48. The van der Waals surface area contributed by atoms with Crippen LogP contribution in [-0.2, 0) is 10.0 Å². The van der Waals surface area contributed by atoms with Gasteiger partial charge in [0.1, 0.15) is 21.2 Å². The van der Waals surface area contributed by atoms with E-state index < -0.39 is 10.0 Å². The molecule has 0 spiro atoms. The first-order valence-corrected chi connectivity index (χ1v) is 12.8. The molecule has 6 nitrogen and oxygen atoms in total. The molecule has 0 radical (unpaired) electrons. The second kappa shape index (κ2) is 7.90. The maximum Gasteiger partial charge on any atom is 0.252 e. The zero-order valence-corrected chi connectivity index (χ0v) is 18.9. The number of hydrogen-bond donors (Lipinski definition) is 0. The maximum absolute atomic E-state index is 12.9. The number of nitrogens with zero attached hydrogens (tertiary/aromatic N) is 4. The summed E-state index contributed by atoms with van der Waals surface area (Å²) in [5.41, 5.74) is 1.15. The number of anilines is 1. The van der Waals surface area contributed by atoms with Gasteiger partial charge >= 0.3 is 0 Å². The zero-order valence-electron chi connectivity index (χ0n) is 15.7. The minimum atomic E-state index is -3.51. The van der Waals surface area contributed by atoms with E-state index in [-0.39, 0.29) is 4.21 Å². The van der Waals surface area contributed by atoms with Crippen LogP contribution < -0.4 is 4.90 Å². The Balaban J connectivity index is 1.39. The van der Waals surface area contributed by atoms with Gasteiger partial charge in [0.15, 0.2) is 0 Å². The van der Waals surface area contributed by atoms with E-state index in [9.17, 15) is 8.42 Å². The highest BCUT2D eigenvalue weighted by Gasteiger charge is 2.30. The first-order chi connectivity index (χ1) is 14.5. The molecule has 0 unspecified atom stereocenters. The monoisotopic (exact) mass is 476 g/mol. The minimum absolute atomic E-state index is 0.288. The van der Waals surface area contributed by atoms with Gasteiger partial charge in [0.25, 0.3) is 10.0 Å². The number of sulfonamides is 1. The second-order valence-electron chi connectivity index (χ2n) is 6.84. The van der Waals surface area contributed by atoms with Crippen molar-refractivity contribution in [3.05, 3.63) is 59.2 Å². The molecular weight excluding hydrogens is 460 g/mol. The Morgan fingerprint density at radius 1 is 0.933 bits per heavy atom. The van der Waals surface area contributed by atoms with Crippen LogP contribution in [-0.4, -0.2) is 48.9 Å². The zero-order chi connectivity index (χ0) is 20.7. The van der Waals surface area contributed by atoms with Gasteiger partial charge in [0, 0.05) is 31.1 Å². The summed E-state index contributed by atoms with van der Waals surface area (Å²) in [6, 6.07) is 15.5. The summed E-state index contributed by atoms with van der Waals surface area (Å²) in [5, 5.41) is 1.00. The average molecular weight is 477 g/mol. The topological polar surface area (TPSA) is 66.4 Å². The lowest BCUT2D eigenvalue weighted by atomic mass is 10.2. The van der Waals surface area contributed by atoms with Gasteiger partial charge in [0.2, 0.25) is 0 Å². The van der Waals surface area contributed by atoms with E-state index in [1.165, 1.54) is 4.31 Å². The summed E-state index contributed by atoms with van der Waals surface area (Å²) in [5.74, 6) is 0.856. The Labute approximate surface area is 187 Å². The first kappa shape index (κ1) is 19.9. The van der Waals surface area contributed by atoms with Gasteiger partial charge < -0.3 is 4.90 Å². The van der Waals surface area contributed by atoms with Crippen molar-refractivity contribution < 1.29 is 8.42 Å². The molecule has 1 saturated heterocycles. The lowest BCUT2D eigenvalue weighted by Gasteiger charge is -2.34. The molecule has 30 heavy (non-hydrogen) atoms. The van der Waals surface area contributed by atoms with Gasteiger partial charge in [-0.15, -0.1) is 22.7 Å². The van der Waals surface area contributed by atoms with Crippen LogP contribution in [0.2, 0.25) is 4.34 Å². The number of halogens is 1. The highest BCUT2D eigenvalue weighted by atomic mass is 35.5. The Morgan fingerprint density at radius 3 is 2.40 bits per heavy atom. The van der Waals surface area contributed by atoms with Crippen molar-refractivity contribution in [2.24, 2.45) is 0 Å².